The largest absolute Gasteiger partial charge is 0.375 e. The molecule has 0 atom stereocenters. The quantitative estimate of drug-likeness (QED) is 0.467. The molecule has 2 rings (SSSR count). The van der Waals surface area contributed by atoms with Gasteiger partial charge in [0, 0.05) is 20.1 Å². The fraction of sp³-hybridized carbons (Fsp3) is 0.263. The number of nitrogens with one attached hydrogen (secondary N) is 2. The van der Waals surface area contributed by atoms with Gasteiger partial charge < -0.3 is 15.4 Å². The van der Waals surface area contributed by atoms with E-state index in [9.17, 15) is 0 Å². The fourth-order valence-corrected chi connectivity index (χ4v) is 2.16. The summed E-state index contributed by atoms with van der Waals surface area (Å²) in [5, 5.41) is 15.3. The van der Waals surface area contributed by atoms with E-state index < -0.39 is 0 Å². The van der Waals surface area contributed by atoms with Gasteiger partial charge in [-0.1, -0.05) is 42.5 Å². The smallest absolute Gasteiger partial charge is 0.191 e. The first-order valence-electron chi connectivity index (χ1n) is 7.87. The molecule has 5 heteroatoms. The minimum atomic E-state index is 0.597. The summed E-state index contributed by atoms with van der Waals surface area (Å²) >= 11 is 0. The van der Waals surface area contributed by atoms with Crippen LogP contribution in [0.4, 0.5) is 0 Å². The Bertz CT molecular complexity index is 692. The number of nitriles is 1. The Morgan fingerprint density at radius 2 is 1.88 bits per heavy atom. The van der Waals surface area contributed by atoms with Gasteiger partial charge in [0.15, 0.2) is 5.96 Å². The van der Waals surface area contributed by atoms with E-state index in [-0.39, 0.29) is 0 Å². The first kappa shape index (κ1) is 17.5. The minimum Gasteiger partial charge on any atom is -0.375 e. The Hall–Kier alpha value is -2.84. The van der Waals surface area contributed by atoms with Gasteiger partial charge >= 0.3 is 0 Å². The van der Waals surface area contributed by atoms with Crippen molar-refractivity contribution in [1.29, 1.82) is 5.26 Å². The highest BCUT2D eigenvalue weighted by atomic mass is 16.5. The van der Waals surface area contributed by atoms with Gasteiger partial charge in [0.05, 0.1) is 24.8 Å². The highest BCUT2D eigenvalue weighted by Crippen LogP contribution is 2.03. The van der Waals surface area contributed by atoms with E-state index in [1.807, 2.05) is 48.5 Å². The zero-order valence-corrected chi connectivity index (χ0v) is 13.8. The summed E-state index contributed by atoms with van der Waals surface area (Å²) in [5.74, 6) is 0.709. The second kappa shape index (κ2) is 10.0. The van der Waals surface area contributed by atoms with Crippen LogP contribution < -0.4 is 10.6 Å². The van der Waals surface area contributed by atoms with Crippen molar-refractivity contribution in [3.05, 3.63) is 71.3 Å². The topological polar surface area (TPSA) is 69.4 Å². The van der Waals surface area contributed by atoms with Crippen molar-refractivity contribution in [1.82, 2.24) is 10.6 Å². The first-order chi connectivity index (χ1) is 11.8. The highest BCUT2D eigenvalue weighted by Gasteiger charge is 1.99. The van der Waals surface area contributed by atoms with Crippen LogP contribution in [0.5, 0.6) is 0 Å². The Labute approximate surface area is 143 Å². The van der Waals surface area contributed by atoms with Crippen molar-refractivity contribution in [3.63, 3.8) is 0 Å². The van der Waals surface area contributed by atoms with Crippen molar-refractivity contribution < 1.29 is 4.74 Å². The summed E-state index contributed by atoms with van der Waals surface area (Å²) < 4.78 is 5.63. The molecular formula is C19H22N4O. The second-order valence-corrected chi connectivity index (χ2v) is 5.20. The molecule has 0 aliphatic rings. The molecule has 0 bridgehead atoms. The molecule has 24 heavy (non-hydrogen) atoms. The van der Waals surface area contributed by atoms with Crippen LogP contribution in [0.1, 0.15) is 16.7 Å². The number of hydrogen-bond donors (Lipinski definition) is 2. The van der Waals surface area contributed by atoms with Gasteiger partial charge in [0.1, 0.15) is 0 Å². The summed E-state index contributed by atoms with van der Waals surface area (Å²) in [5.41, 5.74) is 2.86. The van der Waals surface area contributed by atoms with Crippen LogP contribution in [0.3, 0.4) is 0 Å². The predicted molar refractivity (Wildman–Crippen MR) is 95.5 cm³/mol. The Balaban J connectivity index is 1.66. The Kier molecular flexibility index (Phi) is 7.32. The number of nitrogens with zero attached hydrogens (tertiary/aromatic N) is 2. The van der Waals surface area contributed by atoms with Crippen LogP contribution in [-0.2, 0) is 17.9 Å². The van der Waals surface area contributed by atoms with Gasteiger partial charge in [-0.15, -0.1) is 0 Å². The molecule has 0 aromatic heterocycles. The second-order valence-electron chi connectivity index (χ2n) is 5.20. The third kappa shape index (κ3) is 6.11. The highest BCUT2D eigenvalue weighted by molar-refractivity contribution is 5.79. The molecule has 2 N–H and O–H groups in total. The average Bonchev–Trinajstić information content (AvgIpc) is 2.65. The molecule has 2 aromatic rings. The lowest BCUT2D eigenvalue weighted by Crippen LogP contribution is -2.38. The molecule has 0 spiro atoms. The normalized spacial score (nSPS) is 10.9. The van der Waals surface area contributed by atoms with E-state index in [0.29, 0.717) is 37.8 Å². The number of aliphatic imine (C=N–C) groups is 1. The van der Waals surface area contributed by atoms with Gasteiger partial charge in [0.25, 0.3) is 0 Å². The minimum absolute atomic E-state index is 0.597. The van der Waals surface area contributed by atoms with Crippen molar-refractivity contribution in [2.75, 3.05) is 20.2 Å². The lowest BCUT2D eigenvalue weighted by molar-refractivity contribution is 0.125. The first-order valence-corrected chi connectivity index (χ1v) is 7.87. The van der Waals surface area contributed by atoms with Crippen LogP contribution in [0.2, 0.25) is 0 Å². The number of guanidine groups is 1. The molecule has 0 heterocycles. The molecule has 0 aliphatic heterocycles. The summed E-state index contributed by atoms with van der Waals surface area (Å²) in [6, 6.07) is 19.7. The molecule has 0 fully saturated rings. The maximum Gasteiger partial charge on any atom is 0.191 e. The van der Waals surface area contributed by atoms with Crippen LogP contribution >= 0.6 is 0 Å². The number of ether oxygens (including phenoxy) is 1. The lowest BCUT2D eigenvalue weighted by Gasteiger charge is -2.12. The molecule has 0 radical (unpaired) electrons. The maximum absolute atomic E-state index is 8.91. The summed E-state index contributed by atoms with van der Waals surface area (Å²) in [7, 11) is 1.73. The molecular weight excluding hydrogens is 300 g/mol. The van der Waals surface area contributed by atoms with Gasteiger partial charge in [-0.05, 0) is 23.3 Å². The van der Waals surface area contributed by atoms with Gasteiger partial charge in [-0.2, -0.15) is 5.26 Å². The maximum atomic E-state index is 8.91. The van der Waals surface area contributed by atoms with Crippen LogP contribution in [-0.4, -0.2) is 26.2 Å². The van der Waals surface area contributed by atoms with Crippen molar-refractivity contribution in [3.8, 4) is 6.07 Å². The van der Waals surface area contributed by atoms with Crippen molar-refractivity contribution >= 4 is 5.96 Å². The SMILES string of the molecule is CN=C(NCCOCc1ccccc1)NCc1cccc(C#N)c1. The molecule has 0 unspecified atom stereocenters. The van der Waals surface area contributed by atoms with E-state index in [4.69, 9.17) is 10.00 Å². The molecule has 124 valence electrons. The molecule has 0 saturated heterocycles. The number of benzene rings is 2. The molecule has 0 aliphatic carbocycles. The van der Waals surface area contributed by atoms with E-state index in [1.54, 1.807) is 13.1 Å². The molecule has 2 aromatic carbocycles. The van der Waals surface area contributed by atoms with Crippen molar-refractivity contribution in [2.24, 2.45) is 4.99 Å². The van der Waals surface area contributed by atoms with Crippen LogP contribution in [0.15, 0.2) is 59.6 Å². The van der Waals surface area contributed by atoms with Gasteiger partial charge in [-0.3, -0.25) is 4.99 Å². The van der Waals surface area contributed by atoms with Crippen LogP contribution in [0.25, 0.3) is 0 Å². The summed E-state index contributed by atoms with van der Waals surface area (Å²) in [6.45, 7) is 2.49. The monoisotopic (exact) mass is 322 g/mol. The molecule has 0 saturated carbocycles. The van der Waals surface area contributed by atoms with E-state index in [2.05, 4.69) is 21.7 Å². The van der Waals surface area contributed by atoms with Gasteiger partial charge in [0.2, 0.25) is 0 Å². The van der Waals surface area contributed by atoms with Crippen molar-refractivity contribution in [2.45, 2.75) is 13.2 Å². The van der Waals surface area contributed by atoms with E-state index in [1.165, 1.54) is 0 Å². The number of hydrogen-bond acceptors (Lipinski definition) is 3. The zero-order valence-electron chi connectivity index (χ0n) is 13.8. The Morgan fingerprint density at radius 3 is 2.62 bits per heavy atom. The Morgan fingerprint density at radius 1 is 1.08 bits per heavy atom. The molecule has 0 amide bonds. The lowest BCUT2D eigenvalue weighted by atomic mass is 10.1. The average molecular weight is 322 g/mol. The van der Waals surface area contributed by atoms with E-state index >= 15 is 0 Å². The third-order valence-electron chi connectivity index (χ3n) is 3.39. The zero-order chi connectivity index (χ0) is 17.0. The summed E-state index contributed by atoms with van der Waals surface area (Å²) in [4.78, 5) is 4.18. The third-order valence-corrected chi connectivity index (χ3v) is 3.39. The molecule has 5 nitrogen and oxygen atoms in total. The predicted octanol–water partition coefficient (Wildman–Crippen LogP) is 2.44. The summed E-state index contributed by atoms with van der Waals surface area (Å²) in [6.07, 6.45) is 0. The fourth-order valence-electron chi connectivity index (χ4n) is 2.16. The standard InChI is InChI=1S/C19H22N4O/c1-21-19(23-14-18-9-5-8-17(12-18)13-20)22-10-11-24-15-16-6-3-2-4-7-16/h2-9,12H,10-11,14-15H2,1H3,(H2,21,22,23). The van der Waals surface area contributed by atoms with Crippen LogP contribution in [0, 0.1) is 11.3 Å². The number of rotatable bonds is 7. The van der Waals surface area contributed by atoms with Gasteiger partial charge in [-0.25, -0.2) is 0 Å². The van der Waals surface area contributed by atoms with E-state index in [0.717, 1.165) is 11.1 Å².